The van der Waals surface area contributed by atoms with Crippen LogP contribution in [0.5, 0.6) is 5.75 Å². The van der Waals surface area contributed by atoms with Crippen molar-refractivity contribution >= 4 is 0 Å². The van der Waals surface area contributed by atoms with E-state index in [0.717, 1.165) is 42.6 Å². The maximum Gasteiger partial charge on any atom is 0.119 e. The number of ether oxygens (including phenoxy) is 1. The van der Waals surface area contributed by atoms with Crippen molar-refractivity contribution < 1.29 is 4.74 Å². The minimum absolute atomic E-state index is 0.735. The van der Waals surface area contributed by atoms with Crippen LogP contribution in [0.2, 0.25) is 0 Å². The second-order valence-corrected chi connectivity index (χ2v) is 9.45. The molecule has 0 radical (unpaired) electrons. The van der Waals surface area contributed by atoms with Crippen LogP contribution < -0.4 is 4.74 Å². The summed E-state index contributed by atoms with van der Waals surface area (Å²) in [6.45, 7) is 9.28. The van der Waals surface area contributed by atoms with Crippen LogP contribution in [-0.4, -0.2) is 56.2 Å². The summed E-state index contributed by atoms with van der Waals surface area (Å²) in [5.74, 6) is 3.45. The normalized spacial score (nSPS) is 29.8. The molecule has 0 amide bonds. The van der Waals surface area contributed by atoms with E-state index in [1.807, 2.05) is 0 Å². The summed E-state index contributed by atoms with van der Waals surface area (Å²) in [5.41, 5.74) is 1.50. The molecule has 1 aromatic rings. The molecule has 1 aliphatic heterocycles. The highest BCUT2D eigenvalue weighted by molar-refractivity contribution is 5.29. The topological polar surface area (TPSA) is 15.7 Å². The van der Waals surface area contributed by atoms with Gasteiger partial charge in [-0.15, -0.1) is 0 Å². The van der Waals surface area contributed by atoms with Gasteiger partial charge in [-0.3, -0.25) is 0 Å². The summed E-state index contributed by atoms with van der Waals surface area (Å²) in [6, 6.07) is 9.72. The Kier molecular flexibility index (Phi) is 7.60. The molecular formula is C24H40N2O. The Labute approximate surface area is 167 Å². The molecule has 0 aromatic heterocycles. The lowest BCUT2D eigenvalue weighted by Gasteiger charge is -2.34. The Balaban J connectivity index is 1.37. The van der Waals surface area contributed by atoms with Gasteiger partial charge < -0.3 is 14.5 Å². The highest BCUT2D eigenvalue weighted by Gasteiger charge is 2.23. The molecule has 3 rings (SSSR count). The van der Waals surface area contributed by atoms with Gasteiger partial charge in [0.25, 0.3) is 0 Å². The first kappa shape index (κ1) is 20.7. The first-order valence-electron chi connectivity index (χ1n) is 11.1. The van der Waals surface area contributed by atoms with Gasteiger partial charge >= 0.3 is 0 Å². The van der Waals surface area contributed by atoms with Gasteiger partial charge in [0.15, 0.2) is 0 Å². The number of piperidine rings is 1. The van der Waals surface area contributed by atoms with Crippen LogP contribution in [0.25, 0.3) is 0 Å². The largest absolute Gasteiger partial charge is 0.494 e. The van der Waals surface area contributed by atoms with Crippen LogP contribution in [0.3, 0.4) is 0 Å². The number of benzene rings is 1. The molecule has 0 spiro atoms. The van der Waals surface area contributed by atoms with Gasteiger partial charge in [-0.05, 0) is 88.1 Å². The minimum Gasteiger partial charge on any atom is -0.494 e. The van der Waals surface area contributed by atoms with Crippen LogP contribution in [-0.2, 0) is 0 Å². The van der Waals surface area contributed by atoms with Crippen molar-refractivity contribution in [2.24, 2.45) is 11.8 Å². The summed E-state index contributed by atoms with van der Waals surface area (Å²) in [5, 5.41) is 0. The van der Waals surface area contributed by atoms with E-state index in [0.29, 0.717) is 0 Å². The molecule has 1 saturated heterocycles. The van der Waals surface area contributed by atoms with Crippen molar-refractivity contribution in [3.8, 4) is 5.75 Å². The number of rotatable bonds is 7. The van der Waals surface area contributed by atoms with Gasteiger partial charge in [0.05, 0.1) is 6.61 Å². The molecule has 0 unspecified atom stereocenters. The van der Waals surface area contributed by atoms with Crippen molar-refractivity contribution in [1.82, 2.24) is 9.80 Å². The molecule has 152 valence electrons. The summed E-state index contributed by atoms with van der Waals surface area (Å²) < 4.78 is 6.01. The van der Waals surface area contributed by atoms with Crippen molar-refractivity contribution in [3.63, 3.8) is 0 Å². The zero-order valence-electron chi connectivity index (χ0n) is 18.0. The zero-order chi connectivity index (χ0) is 19.2. The first-order chi connectivity index (χ1) is 13.0. The number of likely N-dealkylation sites (tertiary alicyclic amines) is 1. The van der Waals surface area contributed by atoms with E-state index in [9.17, 15) is 0 Å². The second kappa shape index (κ2) is 9.93. The van der Waals surface area contributed by atoms with Crippen molar-refractivity contribution in [2.45, 2.75) is 64.3 Å². The standard InChI is InChI=1S/C24H40N2O/c1-19-16-20(2)18-26(17-19)14-5-15-27-24-12-8-22(9-13-24)21-6-10-23(11-7-21)25(3)4/h8-9,12-13,19-21,23H,5-7,10-11,14-18H2,1-4H3/t19-,20-,21-,23+/m1/s1. The van der Waals surface area contributed by atoms with E-state index in [1.54, 1.807) is 0 Å². The van der Waals surface area contributed by atoms with E-state index < -0.39 is 0 Å². The molecule has 3 heteroatoms. The third-order valence-electron chi connectivity index (χ3n) is 6.61. The maximum absolute atomic E-state index is 6.01. The van der Waals surface area contributed by atoms with E-state index >= 15 is 0 Å². The Morgan fingerprint density at radius 1 is 0.963 bits per heavy atom. The van der Waals surface area contributed by atoms with Gasteiger partial charge in [-0.2, -0.15) is 0 Å². The second-order valence-electron chi connectivity index (χ2n) is 9.45. The predicted octanol–water partition coefficient (Wildman–Crippen LogP) is 5.02. The summed E-state index contributed by atoms with van der Waals surface area (Å²) in [6.07, 6.45) is 7.78. The summed E-state index contributed by atoms with van der Waals surface area (Å²) in [4.78, 5) is 5.01. The molecular weight excluding hydrogens is 332 g/mol. The van der Waals surface area contributed by atoms with Gasteiger partial charge in [-0.25, -0.2) is 0 Å². The van der Waals surface area contributed by atoms with E-state index in [-0.39, 0.29) is 0 Å². The highest BCUT2D eigenvalue weighted by atomic mass is 16.5. The Bertz CT molecular complexity index is 538. The lowest BCUT2D eigenvalue weighted by Crippen LogP contribution is -2.39. The molecule has 1 aromatic carbocycles. The molecule has 1 heterocycles. The number of hydrogen-bond donors (Lipinski definition) is 0. The lowest BCUT2D eigenvalue weighted by atomic mass is 9.81. The van der Waals surface area contributed by atoms with Crippen molar-refractivity contribution in [1.29, 1.82) is 0 Å². The maximum atomic E-state index is 6.01. The molecule has 2 atom stereocenters. The van der Waals surface area contributed by atoms with E-state index in [1.165, 1.54) is 57.3 Å². The Morgan fingerprint density at radius 3 is 2.19 bits per heavy atom. The fourth-order valence-electron chi connectivity index (χ4n) is 5.21. The SMILES string of the molecule is C[C@@H]1C[C@@H](C)CN(CCCOc2ccc([C@H]3CC[C@@H](N(C)C)CC3)cc2)C1. The molecule has 0 bridgehead atoms. The lowest BCUT2D eigenvalue weighted by molar-refractivity contribution is 0.132. The third-order valence-corrected chi connectivity index (χ3v) is 6.61. The Morgan fingerprint density at radius 2 is 1.59 bits per heavy atom. The zero-order valence-corrected chi connectivity index (χ0v) is 18.0. The summed E-state index contributed by atoms with van der Waals surface area (Å²) >= 11 is 0. The number of hydrogen-bond acceptors (Lipinski definition) is 3. The van der Waals surface area contributed by atoms with Crippen LogP contribution >= 0.6 is 0 Å². The monoisotopic (exact) mass is 372 g/mol. The smallest absolute Gasteiger partial charge is 0.119 e. The van der Waals surface area contributed by atoms with Gasteiger partial charge in [0.2, 0.25) is 0 Å². The molecule has 0 N–H and O–H groups in total. The Hall–Kier alpha value is -1.06. The molecule has 2 fully saturated rings. The highest BCUT2D eigenvalue weighted by Crippen LogP contribution is 2.34. The van der Waals surface area contributed by atoms with Crippen LogP contribution in [0, 0.1) is 11.8 Å². The van der Waals surface area contributed by atoms with E-state index in [2.05, 4.69) is 62.0 Å². The fraction of sp³-hybridized carbons (Fsp3) is 0.750. The first-order valence-corrected chi connectivity index (χ1v) is 11.1. The predicted molar refractivity (Wildman–Crippen MR) is 115 cm³/mol. The molecule has 2 aliphatic rings. The van der Waals surface area contributed by atoms with Crippen molar-refractivity contribution in [2.75, 3.05) is 40.3 Å². The van der Waals surface area contributed by atoms with Gasteiger partial charge in [-0.1, -0.05) is 26.0 Å². The quantitative estimate of drug-likeness (QED) is 0.625. The third kappa shape index (κ3) is 6.22. The fourth-order valence-corrected chi connectivity index (χ4v) is 5.21. The molecule has 1 saturated carbocycles. The van der Waals surface area contributed by atoms with Gasteiger partial charge in [0.1, 0.15) is 5.75 Å². The molecule has 3 nitrogen and oxygen atoms in total. The van der Waals surface area contributed by atoms with Gasteiger partial charge in [0, 0.05) is 25.7 Å². The van der Waals surface area contributed by atoms with Crippen molar-refractivity contribution in [3.05, 3.63) is 29.8 Å². The molecule has 1 aliphatic carbocycles. The van der Waals surface area contributed by atoms with Crippen LogP contribution in [0.4, 0.5) is 0 Å². The summed E-state index contributed by atoms with van der Waals surface area (Å²) in [7, 11) is 4.42. The minimum atomic E-state index is 0.735. The van der Waals surface area contributed by atoms with E-state index in [4.69, 9.17) is 4.74 Å². The average Bonchev–Trinajstić information content (AvgIpc) is 2.65. The van der Waals surface area contributed by atoms with Crippen LogP contribution in [0.1, 0.15) is 63.9 Å². The average molecular weight is 373 g/mol. The number of nitrogens with zero attached hydrogens (tertiary/aromatic N) is 2. The molecule has 27 heavy (non-hydrogen) atoms. The van der Waals surface area contributed by atoms with Crippen LogP contribution in [0.15, 0.2) is 24.3 Å².